The van der Waals surface area contributed by atoms with Crippen molar-refractivity contribution in [3.8, 4) is 0 Å². The van der Waals surface area contributed by atoms with Crippen LogP contribution < -0.4 is 10.6 Å². The maximum atomic E-state index is 12.0. The number of amides is 2. The van der Waals surface area contributed by atoms with Gasteiger partial charge in [0.15, 0.2) is 6.10 Å². The molecule has 0 saturated heterocycles. The van der Waals surface area contributed by atoms with Crippen molar-refractivity contribution in [3.05, 3.63) is 0 Å². The Hall–Kier alpha value is -1.30. The van der Waals surface area contributed by atoms with Crippen molar-refractivity contribution in [1.82, 2.24) is 10.6 Å². The second-order valence-electron chi connectivity index (χ2n) is 7.23. The Morgan fingerprint density at radius 1 is 1.14 bits per heavy atom. The highest BCUT2D eigenvalue weighted by atomic mass is 16.6. The minimum atomic E-state index is -1.31. The molecule has 0 fully saturated rings. The van der Waals surface area contributed by atoms with E-state index in [1.165, 1.54) is 0 Å². The predicted octanol–water partition coefficient (Wildman–Crippen LogP) is 1.96. The monoisotopic (exact) mass is 302 g/mol. The second-order valence-corrected chi connectivity index (χ2v) is 7.23. The van der Waals surface area contributed by atoms with Crippen molar-refractivity contribution in [2.24, 2.45) is 0 Å². The van der Waals surface area contributed by atoms with Gasteiger partial charge in [0.1, 0.15) is 5.60 Å². The molecule has 0 saturated carbocycles. The SMILES string of the molecule is CCCC(NC(=O)OC(C)(C)C)C(O)C(=O)NC(C)(C)C. The summed E-state index contributed by atoms with van der Waals surface area (Å²) in [5.41, 5.74) is -1.07. The summed E-state index contributed by atoms with van der Waals surface area (Å²) in [6, 6.07) is -0.674. The first-order valence-electron chi connectivity index (χ1n) is 7.35. The molecule has 21 heavy (non-hydrogen) atoms. The van der Waals surface area contributed by atoms with Gasteiger partial charge in [-0.2, -0.15) is 0 Å². The van der Waals surface area contributed by atoms with Crippen molar-refractivity contribution in [2.45, 2.75) is 84.6 Å². The number of rotatable bonds is 5. The summed E-state index contributed by atoms with van der Waals surface area (Å²) in [4.78, 5) is 23.8. The summed E-state index contributed by atoms with van der Waals surface area (Å²) in [6.45, 7) is 12.7. The number of aliphatic hydroxyl groups excluding tert-OH is 1. The molecule has 6 heteroatoms. The average molecular weight is 302 g/mol. The van der Waals surface area contributed by atoms with E-state index in [4.69, 9.17) is 4.74 Å². The van der Waals surface area contributed by atoms with Crippen LogP contribution in [0.1, 0.15) is 61.3 Å². The van der Waals surface area contributed by atoms with Gasteiger partial charge in [0.2, 0.25) is 0 Å². The summed E-state index contributed by atoms with van der Waals surface area (Å²) in [5.74, 6) is -0.503. The van der Waals surface area contributed by atoms with Gasteiger partial charge in [-0.25, -0.2) is 4.79 Å². The highest BCUT2D eigenvalue weighted by Crippen LogP contribution is 2.10. The Bertz CT molecular complexity index is 356. The highest BCUT2D eigenvalue weighted by Gasteiger charge is 2.30. The van der Waals surface area contributed by atoms with Gasteiger partial charge in [0.25, 0.3) is 5.91 Å². The summed E-state index contributed by atoms with van der Waals surface area (Å²) in [5, 5.41) is 15.4. The van der Waals surface area contributed by atoms with E-state index < -0.39 is 35.3 Å². The molecule has 0 rings (SSSR count). The lowest BCUT2D eigenvalue weighted by Gasteiger charge is -2.28. The van der Waals surface area contributed by atoms with Gasteiger partial charge in [-0.15, -0.1) is 0 Å². The number of nitrogens with one attached hydrogen (secondary N) is 2. The molecule has 0 bridgehead atoms. The van der Waals surface area contributed by atoms with Crippen molar-refractivity contribution in [3.63, 3.8) is 0 Å². The van der Waals surface area contributed by atoms with Crippen LogP contribution >= 0.6 is 0 Å². The number of ether oxygens (including phenoxy) is 1. The van der Waals surface area contributed by atoms with Gasteiger partial charge >= 0.3 is 6.09 Å². The highest BCUT2D eigenvalue weighted by molar-refractivity contribution is 5.82. The molecule has 0 spiro atoms. The van der Waals surface area contributed by atoms with Crippen molar-refractivity contribution >= 4 is 12.0 Å². The Balaban J connectivity index is 4.73. The zero-order valence-corrected chi connectivity index (χ0v) is 14.2. The number of hydrogen-bond donors (Lipinski definition) is 3. The first-order chi connectivity index (χ1) is 9.35. The number of alkyl carbamates (subject to hydrolysis) is 1. The molecule has 2 amide bonds. The maximum absolute atomic E-state index is 12.0. The van der Waals surface area contributed by atoms with E-state index in [2.05, 4.69) is 10.6 Å². The third kappa shape index (κ3) is 9.28. The quantitative estimate of drug-likeness (QED) is 0.724. The van der Waals surface area contributed by atoms with E-state index >= 15 is 0 Å². The third-order valence-electron chi connectivity index (χ3n) is 2.45. The largest absolute Gasteiger partial charge is 0.444 e. The standard InChI is InChI=1S/C15H30N2O4/c1-8-9-10(16-13(20)21-15(5,6)7)11(18)12(19)17-14(2,3)4/h10-11,18H,8-9H2,1-7H3,(H,16,20)(H,17,19). The fraction of sp³-hybridized carbons (Fsp3) is 0.867. The van der Waals surface area contributed by atoms with Crippen LogP contribution in [-0.2, 0) is 9.53 Å². The van der Waals surface area contributed by atoms with Gasteiger partial charge in [0, 0.05) is 5.54 Å². The number of carbonyl (C=O) groups excluding carboxylic acids is 2. The summed E-state index contributed by atoms with van der Waals surface area (Å²) in [7, 11) is 0. The van der Waals surface area contributed by atoms with E-state index in [0.717, 1.165) is 6.42 Å². The minimum absolute atomic E-state index is 0.444. The molecule has 0 aromatic heterocycles. The number of hydrogen-bond acceptors (Lipinski definition) is 4. The van der Waals surface area contributed by atoms with Gasteiger partial charge in [-0.1, -0.05) is 13.3 Å². The fourth-order valence-electron chi connectivity index (χ4n) is 1.71. The van der Waals surface area contributed by atoms with Gasteiger partial charge < -0.3 is 20.5 Å². The smallest absolute Gasteiger partial charge is 0.407 e. The lowest BCUT2D eigenvalue weighted by molar-refractivity contribution is -0.132. The third-order valence-corrected chi connectivity index (χ3v) is 2.45. The molecule has 0 aliphatic carbocycles. The molecule has 3 N–H and O–H groups in total. The molecule has 0 aromatic rings. The second kappa shape index (κ2) is 7.64. The minimum Gasteiger partial charge on any atom is -0.444 e. The molecule has 0 aliphatic rings. The van der Waals surface area contributed by atoms with E-state index in [1.54, 1.807) is 20.8 Å². The summed E-state index contributed by atoms with van der Waals surface area (Å²) >= 11 is 0. The molecule has 2 atom stereocenters. The van der Waals surface area contributed by atoms with Gasteiger partial charge in [-0.05, 0) is 48.0 Å². The first-order valence-corrected chi connectivity index (χ1v) is 7.35. The lowest BCUT2D eigenvalue weighted by atomic mass is 10.0. The Labute approximate surface area is 127 Å². The zero-order valence-electron chi connectivity index (χ0n) is 14.2. The Morgan fingerprint density at radius 2 is 1.67 bits per heavy atom. The molecule has 0 aliphatic heterocycles. The molecule has 0 radical (unpaired) electrons. The van der Waals surface area contributed by atoms with Gasteiger partial charge in [0.05, 0.1) is 6.04 Å². The predicted molar refractivity (Wildman–Crippen MR) is 82.0 cm³/mol. The van der Waals surface area contributed by atoms with E-state index in [1.807, 2.05) is 27.7 Å². The van der Waals surface area contributed by atoms with Crippen molar-refractivity contribution in [2.75, 3.05) is 0 Å². The Morgan fingerprint density at radius 3 is 2.05 bits per heavy atom. The van der Waals surface area contributed by atoms with E-state index in [-0.39, 0.29) is 0 Å². The zero-order chi connectivity index (χ0) is 16.8. The molecule has 0 heterocycles. The number of aliphatic hydroxyl groups is 1. The van der Waals surface area contributed by atoms with Crippen LogP contribution in [0.15, 0.2) is 0 Å². The van der Waals surface area contributed by atoms with Crippen LogP contribution in [0.2, 0.25) is 0 Å². The maximum Gasteiger partial charge on any atom is 0.407 e. The normalized spacial score (nSPS) is 15.0. The van der Waals surface area contributed by atoms with Crippen molar-refractivity contribution < 1.29 is 19.4 Å². The van der Waals surface area contributed by atoms with Crippen LogP contribution in [0.25, 0.3) is 0 Å². The van der Waals surface area contributed by atoms with Crippen LogP contribution in [0.4, 0.5) is 4.79 Å². The average Bonchev–Trinajstić information content (AvgIpc) is 2.22. The van der Waals surface area contributed by atoms with Crippen molar-refractivity contribution in [1.29, 1.82) is 0 Å². The van der Waals surface area contributed by atoms with Crippen LogP contribution in [0.3, 0.4) is 0 Å². The topological polar surface area (TPSA) is 87.7 Å². The number of carbonyl (C=O) groups is 2. The van der Waals surface area contributed by atoms with E-state index in [0.29, 0.717) is 6.42 Å². The lowest BCUT2D eigenvalue weighted by Crippen LogP contribution is -2.54. The molecule has 6 nitrogen and oxygen atoms in total. The molecule has 124 valence electrons. The Kier molecular flexibility index (Phi) is 7.16. The van der Waals surface area contributed by atoms with Crippen LogP contribution in [-0.4, -0.2) is 40.4 Å². The molecule has 0 aromatic carbocycles. The van der Waals surface area contributed by atoms with Crippen LogP contribution in [0, 0.1) is 0 Å². The van der Waals surface area contributed by atoms with Crippen LogP contribution in [0.5, 0.6) is 0 Å². The summed E-state index contributed by atoms with van der Waals surface area (Å²) < 4.78 is 5.15. The first kappa shape index (κ1) is 19.7. The molecular weight excluding hydrogens is 272 g/mol. The molecular formula is C15H30N2O4. The summed E-state index contributed by atoms with van der Waals surface area (Å²) in [6.07, 6.45) is -0.738. The van der Waals surface area contributed by atoms with Gasteiger partial charge in [-0.3, -0.25) is 4.79 Å². The molecule has 2 unspecified atom stereocenters. The fourth-order valence-corrected chi connectivity index (χ4v) is 1.71. The van der Waals surface area contributed by atoms with E-state index in [9.17, 15) is 14.7 Å².